The van der Waals surface area contributed by atoms with Crippen LogP contribution in [0, 0.1) is 5.92 Å². The van der Waals surface area contributed by atoms with E-state index < -0.39 is 0 Å². The molecule has 1 heterocycles. The number of aryl methyl sites for hydroxylation is 1. The van der Waals surface area contributed by atoms with Crippen LogP contribution in [0.1, 0.15) is 80.8 Å². The third-order valence-corrected chi connectivity index (χ3v) is 5.33. The fourth-order valence-electron chi connectivity index (χ4n) is 2.97. The average Bonchev–Trinajstić information content (AvgIpc) is 2.83. The molecule has 20 heavy (non-hydrogen) atoms. The summed E-state index contributed by atoms with van der Waals surface area (Å²) in [6.45, 7) is 8.89. The van der Waals surface area contributed by atoms with Gasteiger partial charge in [-0.15, -0.1) is 11.3 Å². The van der Waals surface area contributed by atoms with E-state index in [9.17, 15) is 0 Å². The quantitative estimate of drug-likeness (QED) is 0.774. The van der Waals surface area contributed by atoms with Crippen molar-refractivity contribution >= 4 is 11.3 Å². The maximum absolute atomic E-state index is 5.00. The fourth-order valence-corrected chi connectivity index (χ4v) is 4.22. The molecule has 1 aromatic heterocycles. The molecule has 2 rings (SSSR count). The minimum absolute atomic E-state index is 0.718. The zero-order valence-corrected chi connectivity index (χ0v) is 14.2. The molecule has 1 fully saturated rings. The number of nitrogens with one attached hydrogen (secondary N) is 1. The van der Waals surface area contributed by atoms with Crippen molar-refractivity contribution in [2.75, 3.05) is 6.54 Å². The highest BCUT2D eigenvalue weighted by Gasteiger charge is 2.21. The van der Waals surface area contributed by atoms with E-state index in [0.29, 0.717) is 0 Å². The second kappa shape index (κ2) is 8.14. The van der Waals surface area contributed by atoms with Gasteiger partial charge in [-0.3, -0.25) is 0 Å². The van der Waals surface area contributed by atoms with Gasteiger partial charge in [0.05, 0.1) is 10.7 Å². The molecular weight excluding hydrogens is 264 g/mol. The largest absolute Gasteiger partial charge is 0.312 e. The van der Waals surface area contributed by atoms with Crippen molar-refractivity contribution in [1.82, 2.24) is 10.3 Å². The van der Waals surface area contributed by atoms with Crippen molar-refractivity contribution < 1.29 is 0 Å². The Bertz CT molecular complexity index is 392. The second-order valence-corrected chi connectivity index (χ2v) is 7.65. The summed E-state index contributed by atoms with van der Waals surface area (Å²) in [4.78, 5) is 6.49. The number of aromatic nitrogens is 1. The summed E-state index contributed by atoms with van der Waals surface area (Å²) in [6.07, 6.45) is 9.28. The predicted octanol–water partition coefficient (Wildman–Crippen LogP) is 4.89. The molecule has 0 spiro atoms. The molecule has 1 N–H and O–H groups in total. The van der Waals surface area contributed by atoms with Gasteiger partial charge in [-0.25, -0.2) is 4.98 Å². The van der Waals surface area contributed by atoms with Gasteiger partial charge in [0.2, 0.25) is 0 Å². The number of rotatable bonds is 7. The van der Waals surface area contributed by atoms with Crippen LogP contribution in [0.4, 0.5) is 0 Å². The number of hydrogen-bond acceptors (Lipinski definition) is 3. The van der Waals surface area contributed by atoms with Gasteiger partial charge in [-0.1, -0.05) is 46.5 Å². The third kappa shape index (κ3) is 4.56. The molecule has 114 valence electrons. The van der Waals surface area contributed by atoms with Crippen LogP contribution in [-0.4, -0.2) is 11.5 Å². The Balaban J connectivity index is 2.02. The highest BCUT2D eigenvalue weighted by molar-refractivity contribution is 7.11. The van der Waals surface area contributed by atoms with Crippen LogP contribution in [0.5, 0.6) is 0 Å². The van der Waals surface area contributed by atoms with Crippen LogP contribution in [0.3, 0.4) is 0 Å². The summed E-state index contributed by atoms with van der Waals surface area (Å²) >= 11 is 1.98. The standard InChI is InChI=1S/C17H30N2S/c1-4-8-15-16(12-18-11-13(2)3)20-17(19-15)14-9-6-5-7-10-14/h13-14,18H,4-12H2,1-3H3. The molecule has 0 bridgehead atoms. The molecule has 0 amide bonds. The maximum Gasteiger partial charge on any atom is 0.0962 e. The van der Waals surface area contributed by atoms with Crippen molar-refractivity contribution in [2.24, 2.45) is 5.92 Å². The van der Waals surface area contributed by atoms with E-state index in [4.69, 9.17) is 4.98 Å². The molecule has 1 aliphatic carbocycles. The van der Waals surface area contributed by atoms with Crippen molar-refractivity contribution in [3.8, 4) is 0 Å². The van der Waals surface area contributed by atoms with Gasteiger partial charge in [0.1, 0.15) is 0 Å². The average molecular weight is 295 g/mol. The Morgan fingerprint density at radius 3 is 2.65 bits per heavy atom. The lowest BCUT2D eigenvalue weighted by Crippen LogP contribution is -2.19. The van der Waals surface area contributed by atoms with Crippen molar-refractivity contribution in [3.63, 3.8) is 0 Å². The Morgan fingerprint density at radius 1 is 1.25 bits per heavy atom. The van der Waals surface area contributed by atoms with E-state index >= 15 is 0 Å². The van der Waals surface area contributed by atoms with Gasteiger partial charge in [0, 0.05) is 17.3 Å². The Hall–Kier alpha value is -0.410. The van der Waals surface area contributed by atoms with Crippen LogP contribution in [0.15, 0.2) is 0 Å². The minimum atomic E-state index is 0.718. The first-order valence-corrected chi connectivity index (χ1v) is 9.21. The first-order chi connectivity index (χ1) is 9.70. The van der Waals surface area contributed by atoms with Crippen LogP contribution in [0.25, 0.3) is 0 Å². The van der Waals surface area contributed by atoms with Gasteiger partial charge in [-0.05, 0) is 31.7 Å². The summed E-state index contributed by atoms with van der Waals surface area (Å²) in [5.41, 5.74) is 1.37. The molecule has 0 radical (unpaired) electrons. The van der Waals surface area contributed by atoms with E-state index in [1.54, 1.807) is 0 Å². The molecule has 0 aliphatic heterocycles. The summed E-state index contributed by atoms with van der Waals surface area (Å²) in [5.74, 6) is 1.47. The summed E-state index contributed by atoms with van der Waals surface area (Å²) in [5, 5.41) is 5.01. The minimum Gasteiger partial charge on any atom is -0.312 e. The number of nitrogens with zero attached hydrogens (tertiary/aromatic N) is 1. The van der Waals surface area contributed by atoms with Crippen LogP contribution < -0.4 is 5.32 Å². The lowest BCUT2D eigenvalue weighted by Gasteiger charge is -2.18. The van der Waals surface area contributed by atoms with E-state index in [-0.39, 0.29) is 0 Å². The zero-order valence-electron chi connectivity index (χ0n) is 13.4. The van der Waals surface area contributed by atoms with Crippen molar-refractivity contribution in [3.05, 3.63) is 15.6 Å². The summed E-state index contributed by atoms with van der Waals surface area (Å²) < 4.78 is 0. The summed E-state index contributed by atoms with van der Waals surface area (Å²) in [7, 11) is 0. The van der Waals surface area contributed by atoms with Gasteiger partial charge >= 0.3 is 0 Å². The smallest absolute Gasteiger partial charge is 0.0962 e. The molecule has 3 heteroatoms. The van der Waals surface area contributed by atoms with Gasteiger partial charge < -0.3 is 5.32 Å². The first-order valence-electron chi connectivity index (χ1n) is 8.39. The zero-order chi connectivity index (χ0) is 14.4. The van der Waals surface area contributed by atoms with Gasteiger partial charge in [0.25, 0.3) is 0 Å². The second-order valence-electron chi connectivity index (χ2n) is 6.53. The monoisotopic (exact) mass is 294 g/mol. The van der Waals surface area contributed by atoms with Gasteiger partial charge in [0.15, 0.2) is 0 Å². The third-order valence-electron chi connectivity index (χ3n) is 4.07. The SMILES string of the molecule is CCCc1nc(C2CCCCC2)sc1CNCC(C)C. The fraction of sp³-hybridized carbons (Fsp3) is 0.824. The van der Waals surface area contributed by atoms with Crippen molar-refractivity contribution in [2.45, 2.75) is 78.2 Å². The molecule has 1 aliphatic rings. The van der Waals surface area contributed by atoms with Gasteiger partial charge in [-0.2, -0.15) is 0 Å². The summed E-state index contributed by atoms with van der Waals surface area (Å²) in [6, 6.07) is 0. The van der Waals surface area contributed by atoms with E-state index in [1.807, 2.05) is 11.3 Å². The normalized spacial score (nSPS) is 17.0. The predicted molar refractivity (Wildman–Crippen MR) is 88.5 cm³/mol. The van der Waals surface area contributed by atoms with E-state index in [1.165, 1.54) is 54.1 Å². The maximum atomic E-state index is 5.00. The lowest BCUT2D eigenvalue weighted by molar-refractivity contribution is 0.442. The number of thiazole rings is 1. The Labute approximate surface area is 128 Å². The van der Waals surface area contributed by atoms with E-state index in [0.717, 1.165) is 31.3 Å². The van der Waals surface area contributed by atoms with Crippen molar-refractivity contribution in [1.29, 1.82) is 0 Å². The molecule has 0 atom stereocenters. The number of hydrogen-bond donors (Lipinski definition) is 1. The molecule has 0 aromatic carbocycles. The molecule has 1 saturated carbocycles. The molecule has 0 saturated heterocycles. The van der Waals surface area contributed by atoms with Crippen LogP contribution in [0.2, 0.25) is 0 Å². The lowest BCUT2D eigenvalue weighted by atomic mass is 9.90. The molecule has 0 unspecified atom stereocenters. The topological polar surface area (TPSA) is 24.9 Å². The first kappa shape index (κ1) is 16.0. The molecule has 1 aromatic rings. The Kier molecular flexibility index (Phi) is 6.50. The van der Waals surface area contributed by atoms with Crippen LogP contribution >= 0.6 is 11.3 Å². The molecular formula is C17H30N2S. The molecule has 2 nitrogen and oxygen atoms in total. The van der Waals surface area contributed by atoms with E-state index in [2.05, 4.69) is 26.1 Å². The Morgan fingerprint density at radius 2 is 2.00 bits per heavy atom. The highest BCUT2D eigenvalue weighted by Crippen LogP contribution is 2.36. The highest BCUT2D eigenvalue weighted by atomic mass is 32.1. The van der Waals surface area contributed by atoms with Crippen LogP contribution in [-0.2, 0) is 13.0 Å².